The molecule has 1 aliphatic heterocycles. The zero-order chi connectivity index (χ0) is 12.1. The first-order chi connectivity index (χ1) is 8.31. The fraction of sp³-hybridized carbons (Fsp3) is 0.571. The van der Waals surface area contributed by atoms with E-state index in [4.69, 9.17) is 0 Å². The van der Waals surface area contributed by atoms with Crippen LogP contribution >= 0.6 is 47.4 Å². The van der Waals surface area contributed by atoms with Gasteiger partial charge in [0.15, 0.2) is 0 Å². The lowest BCUT2D eigenvalue weighted by molar-refractivity contribution is 0.164. The van der Waals surface area contributed by atoms with Crippen LogP contribution in [0.4, 0.5) is 0 Å². The molecule has 1 fully saturated rings. The molecule has 0 bridgehead atoms. The maximum Gasteiger partial charge on any atom is 0.0349 e. The number of nitrogens with one attached hydrogen (secondary N) is 1. The molecule has 0 amide bonds. The third-order valence-electron chi connectivity index (χ3n) is 3.39. The molecule has 0 spiro atoms. The predicted octanol–water partition coefficient (Wildman–Crippen LogP) is 3.88. The van der Waals surface area contributed by atoms with Gasteiger partial charge < -0.3 is 5.32 Å². The summed E-state index contributed by atoms with van der Waals surface area (Å²) in [6, 6.07) is 9.58. The van der Waals surface area contributed by atoms with Crippen molar-refractivity contribution in [1.29, 1.82) is 0 Å². The van der Waals surface area contributed by atoms with E-state index in [1.807, 2.05) is 0 Å². The molecule has 19 heavy (non-hydrogen) atoms. The first-order valence-electron chi connectivity index (χ1n) is 6.51. The number of hydrogen-bond donors (Lipinski definition) is 1. The Labute approximate surface area is 142 Å². The highest BCUT2D eigenvalue weighted by Gasteiger charge is 2.21. The molecule has 0 aliphatic carbocycles. The van der Waals surface area contributed by atoms with Crippen molar-refractivity contribution in [3.63, 3.8) is 0 Å². The van der Waals surface area contributed by atoms with Crippen LogP contribution in [0.2, 0.25) is 0 Å². The number of hydrogen-bond acceptors (Lipinski definition) is 2. The van der Waals surface area contributed by atoms with Gasteiger partial charge in [-0.25, -0.2) is 0 Å². The van der Waals surface area contributed by atoms with Crippen molar-refractivity contribution in [2.75, 3.05) is 26.2 Å². The van der Waals surface area contributed by atoms with E-state index in [9.17, 15) is 0 Å². The summed E-state index contributed by atoms with van der Waals surface area (Å²) in [7, 11) is 0. The molecule has 0 aromatic heterocycles. The number of piperazine rings is 1. The van der Waals surface area contributed by atoms with E-state index in [0.29, 0.717) is 6.04 Å². The lowest BCUT2D eigenvalue weighted by Crippen LogP contribution is -2.45. The molecule has 1 N–H and O–H groups in total. The number of nitrogens with zero attached hydrogens (tertiary/aromatic N) is 1. The van der Waals surface area contributed by atoms with Crippen LogP contribution < -0.4 is 5.32 Å². The van der Waals surface area contributed by atoms with Gasteiger partial charge in [-0.15, -0.1) is 24.8 Å². The highest BCUT2D eigenvalue weighted by molar-refractivity contribution is 14.1. The summed E-state index contributed by atoms with van der Waals surface area (Å²) in [4.78, 5) is 2.63. The topological polar surface area (TPSA) is 15.3 Å². The first-order valence-corrected chi connectivity index (χ1v) is 7.59. The minimum absolute atomic E-state index is 0. The van der Waals surface area contributed by atoms with Crippen molar-refractivity contribution < 1.29 is 0 Å². The fourth-order valence-electron chi connectivity index (χ4n) is 2.54. The first kappa shape index (κ1) is 19.4. The second-order valence-corrected chi connectivity index (χ2v) is 5.89. The Bertz CT molecular complexity index is 357. The normalized spacial score (nSPS) is 17.2. The molecule has 1 aromatic carbocycles. The van der Waals surface area contributed by atoms with Crippen LogP contribution in [-0.4, -0.2) is 31.1 Å². The van der Waals surface area contributed by atoms with Gasteiger partial charge in [-0.1, -0.05) is 25.5 Å². The lowest BCUT2D eigenvalue weighted by Gasteiger charge is -2.35. The third-order valence-corrected chi connectivity index (χ3v) is 4.06. The maximum absolute atomic E-state index is 3.43. The van der Waals surface area contributed by atoms with Crippen molar-refractivity contribution in [2.45, 2.75) is 25.8 Å². The standard InChI is InChI=1S/C14H21IN2.2ClH/c1-2-4-14(17-9-7-16-8-10-17)12-5-3-6-13(15)11-12;;/h3,5-6,11,14,16H,2,4,7-10H2,1H3;2*1H/t14-;;/m1../s1. The Morgan fingerprint density at radius 1 is 1.26 bits per heavy atom. The van der Waals surface area contributed by atoms with Gasteiger partial charge in [0.05, 0.1) is 0 Å². The van der Waals surface area contributed by atoms with Gasteiger partial charge in [0, 0.05) is 35.8 Å². The number of halogens is 3. The van der Waals surface area contributed by atoms with Crippen molar-refractivity contribution in [2.24, 2.45) is 0 Å². The van der Waals surface area contributed by atoms with E-state index < -0.39 is 0 Å². The Hall–Kier alpha value is 0.450. The largest absolute Gasteiger partial charge is 0.314 e. The zero-order valence-electron chi connectivity index (χ0n) is 11.3. The molecular formula is C14H23Cl2IN2. The molecule has 5 heteroatoms. The van der Waals surface area contributed by atoms with Gasteiger partial charge in [0.25, 0.3) is 0 Å². The van der Waals surface area contributed by atoms with E-state index >= 15 is 0 Å². The summed E-state index contributed by atoms with van der Waals surface area (Å²) in [6.45, 7) is 6.89. The number of rotatable bonds is 4. The summed E-state index contributed by atoms with van der Waals surface area (Å²) >= 11 is 2.41. The summed E-state index contributed by atoms with van der Waals surface area (Å²) in [6.07, 6.45) is 2.51. The second kappa shape index (κ2) is 10.2. The molecule has 1 aromatic rings. The molecule has 1 atom stereocenters. The van der Waals surface area contributed by atoms with Gasteiger partial charge in [0.2, 0.25) is 0 Å². The summed E-state index contributed by atoms with van der Waals surface area (Å²) < 4.78 is 1.34. The molecule has 2 nitrogen and oxygen atoms in total. The average Bonchev–Trinajstić information content (AvgIpc) is 2.37. The Kier molecular flexibility index (Phi) is 10.5. The third kappa shape index (κ3) is 5.76. The van der Waals surface area contributed by atoms with Gasteiger partial charge in [0.1, 0.15) is 0 Å². The minimum atomic E-state index is 0. The maximum atomic E-state index is 3.43. The van der Waals surface area contributed by atoms with Crippen molar-refractivity contribution in [1.82, 2.24) is 10.2 Å². The van der Waals surface area contributed by atoms with Crippen LogP contribution in [-0.2, 0) is 0 Å². The van der Waals surface area contributed by atoms with Gasteiger partial charge >= 0.3 is 0 Å². The summed E-state index contributed by atoms with van der Waals surface area (Å²) in [5.74, 6) is 0. The predicted molar refractivity (Wildman–Crippen MR) is 95.7 cm³/mol. The molecule has 2 rings (SSSR count). The molecule has 0 radical (unpaired) electrons. The van der Waals surface area contributed by atoms with E-state index in [-0.39, 0.29) is 24.8 Å². The number of benzene rings is 1. The fourth-order valence-corrected chi connectivity index (χ4v) is 3.11. The highest BCUT2D eigenvalue weighted by atomic mass is 127. The molecule has 110 valence electrons. The highest BCUT2D eigenvalue weighted by Crippen LogP contribution is 2.26. The Balaban J connectivity index is 0.00000162. The minimum Gasteiger partial charge on any atom is -0.314 e. The van der Waals surface area contributed by atoms with Crippen molar-refractivity contribution >= 4 is 47.4 Å². The second-order valence-electron chi connectivity index (χ2n) is 4.65. The Morgan fingerprint density at radius 2 is 1.95 bits per heavy atom. The van der Waals surface area contributed by atoms with Crippen LogP contribution in [0.25, 0.3) is 0 Å². The molecule has 1 aliphatic rings. The van der Waals surface area contributed by atoms with Crippen LogP contribution in [0.3, 0.4) is 0 Å². The van der Waals surface area contributed by atoms with Crippen LogP contribution in [0, 0.1) is 3.57 Å². The van der Waals surface area contributed by atoms with E-state index in [1.54, 1.807) is 0 Å². The summed E-state index contributed by atoms with van der Waals surface area (Å²) in [5.41, 5.74) is 1.49. The SMILES string of the molecule is CCC[C@H](c1cccc(I)c1)N1CCNCC1.Cl.Cl. The van der Waals surface area contributed by atoms with Gasteiger partial charge in [-0.3, -0.25) is 4.90 Å². The zero-order valence-corrected chi connectivity index (χ0v) is 15.1. The molecule has 0 unspecified atom stereocenters. The Morgan fingerprint density at radius 3 is 2.53 bits per heavy atom. The van der Waals surface area contributed by atoms with Gasteiger partial charge in [-0.05, 0) is 46.7 Å². The van der Waals surface area contributed by atoms with Crippen molar-refractivity contribution in [3.8, 4) is 0 Å². The lowest BCUT2D eigenvalue weighted by atomic mass is 10.00. The van der Waals surface area contributed by atoms with E-state index in [2.05, 4.69) is 64.0 Å². The van der Waals surface area contributed by atoms with E-state index in [0.717, 1.165) is 13.1 Å². The van der Waals surface area contributed by atoms with E-state index in [1.165, 1.54) is 35.1 Å². The molecule has 1 heterocycles. The molecule has 0 saturated carbocycles. The van der Waals surface area contributed by atoms with Crippen LogP contribution in [0.15, 0.2) is 24.3 Å². The summed E-state index contributed by atoms with van der Waals surface area (Å²) in [5, 5.41) is 3.43. The monoisotopic (exact) mass is 416 g/mol. The molecular weight excluding hydrogens is 394 g/mol. The van der Waals surface area contributed by atoms with Crippen molar-refractivity contribution in [3.05, 3.63) is 33.4 Å². The average molecular weight is 417 g/mol. The van der Waals surface area contributed by atoms with Crippen LogP contribution in [0.5, 0.6) is 0 Å². The molecule has 1 saturated heterocycles. The smallest absolute Gasteiger partial charge is 0.0349 e. The quantitative estimate of drug-likeness (QED) is 0.749. The van der Waals surface area contributed by atoms with Gasteiger partial charge in [-0.2, -0.15) is 0 Å². The van der Waals surface area contributed by atoms with Crippen LogP contribution in [0.1, 0.15) is 31.4 Å².